The van der Waals surface area contributed by atoms with Gasteiger partial charge in [0.2, 0.25) is 0 Å². The van der Waals surface area contributed by atoms with Crippen molar-refractivity contribution in [3.05, 3.63) is 47.5 Å². The minimum absolute atomic E-state index is 0.244. The van der Waals surface area contributed by atoms with Gasteiger partial charge in [-0.3, -0.25) is 4.90 Å². The Kier molecular flexibility index (Phi) is 3.59. The molecule has 0 saturated carbocycles. The van der Waals surface area contributed by atoms with Crippen LogP contribution >= 0.6 is 0 Å². The summed E-state index contributed by atoms with van der Waals surface area (Å²) in [6.07, 6.45) is 0.840. The van der Waals surface area contributed by atoms with Crippen molar-refractivity contribution >= 4 is 0 Å². The zero-order valence-corrected chi connectivity index (χ0v) is 12.4. The summed E-state index contributed by atoms with van der Waals surface area (Å²) in [5.74, 6) is 1.54. The molecule has 3 rings (SSSR count). The molecule has 1 aromatic carbocycles. The lowest BCUT2D eigenvalue weighted by molar-refractivity contribution is 0.0308. The molecule has 0 fully saturated rings. The highest BCUT2D eigenvalue weighted by Crippen LogP contribution is 2.30. The Labute approximate surface area is 124 Å². The van der Waals surface area contributed by atoms with E-state index in [4.69, 9.17) is 4.42 Å². The first kappa shape index (κ1) is 14.3. The molecule has 0 atom stereocenters. The third-order valence-electron chi connectivity index (χ3n) is 3.68. The van der Waals surface area contributed by atoms with Crippen LogP contribution in [-0.4, -0.2) is 28.7 Å². The number of halogens is 1. The molecule has 112 valence electrons. The molecule has 1 aliphatic heterocycles. The minimum atomic E-state index is -0.693. The van der Waals surface area contributed by atoms with Gasteiger partial charge < -0.3 is 9.52 Å². The molecular weight excluding hydrogens is 269 g/mol. The second-order valence-electron chi connectivity index (χ2n) is 6.34. The third-order valence-corrected chi connectivity index (χ3v) is 3.68. The molecule has 3 nitrogen and oxygen atoms in total. The number of β-amino-alcohol motifs (C(OH)–C–C–N with tert-alkyl or cyclic N) is 1. The number of benzene rings is 1. The predicted octanol–water partition coefficient (Wildman–Crippen LogP) is 3.21. The van der Waals surface area contributed by atoms with Crippen LogP contribution in [0.25, 0.3) is 11.3 Å². The van der Waals surface area contributed by atoms with Crippen molar-refractivity contribution in [2.24, 2.45) is 0 Å². The summed E-state index contributed by atoms with van der Waals surface area (Å²) in [6, 6.07) is 8.37. The van der Waals surface area contributed by atoms with Crippen molar-refractivity contribution in [3.63, 3.8) is 0 Å². The fraction of sp³-hybridized carbons (Fsp3) is 0.412. The monoisotopic (exact) mass is 289 g/mol. The summed E-state index contributed by atoms with van der Waals surface area (Å²) >= 11 is 0. The lowest BCUT2D eigenvalue weighted by Gasteiger charge is -2.31. The van der Waals surface area contributed by atoms with E-state index in [9.17, 15) is 9.50 Å². The van der Waals surface area contributed by atoms with E-state index in [1.807, 2.05) is 19.9 Å². The molecule has 0 aliphatic carbocycles. The lowest BCUT2D eigenvalue weighted by Crippen LogP contribution is -2.40. The molecule has 0 unspecified atom stereocenters. The molecule has 0 amide bonds. The molecular formula is C17H20FNO2. The Morgan fingerprint density at radius 1 is 1.29 bits per heavy atom. The summed E-state index contributed by atoms with van der Waals surface area (Å²) < 4.78 is 18.9. The molecule has 0 bridgehead atoms. The average Bonchev–Trinajstić information content (AvgIpc) is 2.80. The maximum Gasteiger partial charge on any atom is 0.134 e. The number of aliphatic hydroxyl groups is 1. The van der Waals surface area contributed by atoms with Crippen LogP contribution in [0.15, 0.2) is 34.7 Å². The standard InChI is InChI=1S/C17H20FNO2/c1-17(2,20)11-19-8-7-15-13(10-19)9-16(21-15)12-3-5-14(18)6-4-12/h3-6,9,20H,7-8,10-11H2,1-2H3. The molecule has 2 aromatic rings. The molecule has 2 heterocycles. The Morgan fingerprint density at radius 2 is 2.00 bits per heavy atom. The van der Waals surface area contributed by atoms with Crippen LogP contribution in [0.3, 0.4) is 0 Å². The molecule has 4 heteroatoms. The van der Waals surface area contributed by atoms with Crippen molar-refractivity contribution in [1.82, 2.24) is 4.90 Å². The Hall–Kier alpha value is -1.65. The number of hydrogen-bond acceptors (Lipinski definition) is 3. The first-order valence-corrected chi connectivity index (χ1v) is 7.23. The summed E-state index contributed by atoms with van der Waals surface area (Å²) in [5, 5.41) is 9.93. The normalized spacial score (nSPS) is 16.0. The van der Waals surface area contributed by atoms with E-state index in [2.05, 4.69) is 4.90 Å². The smallest absolute Gasteiger partial charge is 0.134 e. The van der Waals surface area contributed by atoms with Gasteiger partial charge in [-0.15, -0.1) is 0 Å². The maximum absolute atomic E-state index is 13.0. The maximum atomic E-state index is 13.0. The van der Waals surface area contributed by atoms with Crippen LogP contribution in [0, 0.1) is 5.82 Å². The zero-order valence-electron chi connectivity index (χ0n) is 12.4. The quantitative estimate of drug-likeness (QED) is 0.942. The second-order valence-corrected chi connectivity index (χ2v) is 6.34. The van der Waals surface area contributed by atoms with Crippen LogP contribution in [0.1, 0.15) is 25.2 Å². The van der Waals surface area contributed by atoms with E-state index in [0.29, 0.717) is 6.54 Å². The van der Waals surface area contributed by atoms with Gasteiger partial charge in [-0.2, -0.15) is 0 Å². The fourth-order valence-electron chi connectivity index (χ4n) is 2.83. The van der Waals surface area contributed by atoms with Crippen molar-refractivity contribution in [2.75, 3.05) is 13.1 Å². The summed E-state index contributed by atoms with van der Waals surface area (Å²) in [7, 11) is 0. The van der Waals surface area contributed by atoms with E-state index >= 15 is 0 Å². The second kappa shape index (κ2) is 5.28. The van der Waals surface area contributed by atoms with Gasteiger partial charge in [0.1, 0.15) is 17.3 Å². The number of rotatable bonds is 3. The molecule has 0 spiro atoms. The zero-order chi connectivity index (χ0) is 15.0. The van der Waals surface area contributed by atoms with Gasteiger partial charge in [0.25, 0.3) is 0 Å². The highest BCUT2D eigenvalue weighted by molar-refractivity contribution is 5.59. The largest absolute Gasteiger partial charge is 0.461 e. The van der Waals surface area contributed by atoms with E-state index in [1.54, 1.807) is 12.1 Å². The Morgan fingerprint density at radius 3 is 2.67 bits per heavy atom. The third kappa shape index (κ3) is 3.34. The minimum Gasteiger partial charge on any atom is -0.461 e. The number of furan rings is 1. The Bertz CT molecular complexity index is 625. The molecule has 21 heavy (non-hydrogen) atoms. The number of hydrogen-bond donors (Lipinski definition) is 1. The van der Waals surface area contributed by atoms with E-state index < -0.39 is 5.60 Å². The van der Waals surface area contributed by atoms with E-state index in [1.165, 1.54) is 12.1 Å². The molecule has 1 aliphatic rings. The average molecular weight is 289 g/mol. The van der Waals surface area contributed by atoms with E-state index in [-0.39, 0.29) is 5.82 Å². The fourth-order valence-corrected chi connectivity index (χ4v) is 2.83. The number of nitrogens with zero attached hydrogens (tertiary/aromatic N) is 1. The summed E-state index contributed by atoms with van der Waals surface area (Å²) in [4.78, 5) is 2.23. The van der Waals surface area contributed by atoms with Crippen molar-refractivity contribution in [3.8, 4) is 11.3 Å². The predicted molar refractivity (Wildman–Crippen MR) is 79.4 cm³/mol. The van der Waals surface area contributed by atoms with Gasteiger partial charge in [0.15, 0.2) is 0 Å². The van der Waals surface area contributed by atoms with Crippen LogP contribution in [0.2, 0.25) is 0 Å². The molecule has 0 saturated heterocycles. The van der Waals surface area contributed by atoms with Gasteiger partial charge in [-0.25, -0.2) is 4.39 Å². The van der Waals surface area contributed by atoms with Crippen molar-refractivity contribution < 1.29 is 13.9 Å². The SMILES string of the molecule is CC(C)(O)CN1CCc2oc(-c3ccc(F)cc3)cc2C1. The highest BCUT2D eigenvalue weighted by Gasteiger charge is 2.25. The Balaban J connectivity index is 1.80. The van der Waals surface area contributed by atoms with Gasteiger partial charge >= 0.3 is 0 Å². The van der Waals surface area contributed by atoms with Gasteiger partial charge in [0, 0.05) is 37.2 Å². The first-order valence-electron chi connectivity index (χ1n) is 7.23. The van der Waals surface area contributed by atoms with Gasteiger partial charge in [0.05, 0.1) is 5.60 Å². The topological polar surface area (TPSA) is 36.6 Å². The van der Waals surface area contributed by atoms with E-state index in [0.717, 1.165) is 42.2 Å². The lowest BCUT2D eigenvalue weighted by atomic mass is 10.0. The van der Waals surface area contributed by atoms with Crippen LogP contribution in [-0.2, 0) is 13.0 Å². The highest BCUT2D eigenvalue weighted by atomic mass is 19.1. The van der Waals surface area contributed by atoms with Gasteiger partial charge in [-0.1, -0.05) is 0 Å². The van der Waals surface area contributed by atoms with Gasteiger partial charge in [-0.05, 0) is 44.2 Å². The van der Waals surface area contributed by atoms with Crippen LogP contribution in [0.4, 0.5) is 4.39 Å². The summed E-state index contributed by atoms with van der Waals surface area (Å²) in [5.41, 5.74) is 1.35. The van der Waals surface area contributed by atoms with Crippen molar-refractivity contribution in [1.29, 1.82) is 0 Å². The molecule has 1 aromatic heterocycles. The van der Waals surface area contributed by atoms with Crippen molar-refractivity contribution in [2.45, 2.75) is 32.4 Å². The molecule has 1 N–H and O–H groups in total. The molecule has 0 radical (unpaired) electrons. The first-order chi connectivity index (χ1) is 9.90. The van der Waals surface area contributed by atoms with Crippen LogP contribution < -0.4 is 0 Å². The summed E-state index contributed by atoms with van der Waals surface area (Å²) in [6.45, 7) is 5.95. The van der Waals surface area contributed by atoms with Crippen LogP contribution in [0.5, 0.6) is 0 Å². The number of fused-ring (bicyclic) bond motifs is 1.